The first-order chi connectivity index (χ1) is 19.6. The second-order valence-corrected chi connectivity index (χ2v) is 11.4. The Balaban J connectivity index is 1.52. The van der Waals surface area contributed by atoms with Crippen LogP contribution in [0.25, 0.3) is 22.5 Å². The number of benzene rings is 1. The number of tetrazole rings is 1. The highest BCUT2D eigenvalue weighted by atomic mass is 16.1. The number of hydrogen-bond acceptors (Lipinski definition) is 5. The average molecular weight is 542 g/mol. The zero-order chi connectivity index (χ0) is 28.0. The fraction of sp³-hybridized carbons (Fsp3) is 0.531. The minimum absolute atomic E-state index is 0.130. The molecule has 1 unspecified atom stereocenters. The lowest BCUT2D eigenvalue weighted by Crippen LogP contribution is -2.38. The van der Waals surface area contributed by atoms with Gasteiger partial charge in [0.1, 0.15) is 0 Å². The van der Waals surface area contributed by atoms with E-state index >= 15 is 0 Å². The molecule has 8 nitrogen and oxygen atoms in total. The molecule has 40 heavy (non-hydrogen) atoms. The van der Waals surface area contributed by atoms with Gasteiger partial charge >= 0.3 is 5.69 Å². The highest BCUT2D eigenvalue weighted by Gasteiger charge is 2.38. The van der Waals surface area contributed by atoms with Crippen LogP contribution in [-0.2, 0) is 13.0 Å². The van der Waals surface area contributed by atoms with Crippen LogP contribution in [0.3, 0.4) is 0 Å². The smallest absolute Gasteiger partial charge is 0.295 e. The van der Waals surface area contributed by atoms with Crippen molar-refractivity contribution in [1.82, 2.24) is 34.7 Å². The van der Waals surface area contributed by atoms with Gasteiger partial charge in [0.25, 0.3) is 0 Å². The minimum atomic E-state index is 0.130. The standard InChI is InChI=1S/C32H43N7O/c1-4-7-12-27-23-39(29-13-10-8-9-11-19-32(29,5-2)6-3)31(40)38(27)22-26-21-33-20-18-28(26)24-14-16-25(17-15-24)30-34-36-37-35-30/h14-18,20-21,23,29H,4-13,19,22H2,1-3H3,(H,34,35,36,37). The lowest BCUT2D eigenvalue weighted by Gasteiger charge is -2.41. The van der Waals surface area contributed by atoms with Crippen molar-refractivity contribution >= 4 is 0 Å². The number of aryl methyl sites for hydroxylation is 1. The van der Waals surface area contributed by atoms with E-state index in [1.54, 1.807) is 0 Å². The lowest BCUT2D eigenvalue weighted by molar-refractivity contribution is 0.106. The van der Waals surface area contributed by atoms with Crippen LogP contribution in [0.1, 0.15) is 102 Å². The molecule has 1 atom stereocenters. The van der Waals surface area contributed by atoms with E-state index in [0.717, 1.165) is 66.5 Å². The predicted molar refractivity (Wildman–Crippen MR) is 159 cm³/mol. The van der Waals surface area contributed by atoms with Crippen molar-refractivity contribution in [2.24, 2.45) is 5.41 Å². The summed E-state index contributed by atoms with van der Waals surface area (Å²) in [5.74, 6) is 0.569. The number of aromatic nitrogens is 7. The molecule has 212 valence electrons. The average Bonchev–Trinajstić information content (AvgIpc) is 3.62. The van der Waals surface area contributed by atoms with E-state index in [4.69, 9.17) is 0 Å². The van der Waals surface area contributed by atoms with Crippen molar-refractivity contribution in [3.63, 3.8) is 0 Å². The van der Waals surface area contributed by atoms with E-state index in [0.29, 0.717) is 12.4 Å². The van der Waals surface area contributed by atoms with Gasteiger partial charge < -0.3 is 0 Å². The monoisotopic (exact) mass is 541 g/mol. The van der Waals surface area contributed by atoms with E-state index in [9.17, 15) is 4.79 Å². The Morgan fingerprint density at radius 3 is 2.50 bits per heavy atom. The molecule has 1 aromatic carbocycles. The molecule has 1 aliphatic rings. The molecule has 5 rings (SSSR count). The van der Waals surface area contributed by atoms with Gasteiger partial charge in [-0.2, -0.15) is 5.21 Å². The summed E-state index contributed by atoms with van der Waals surface area (Å²) in [7, 11) is 0. The molecule has 1 saturated carbocycles. The fourth-order valence-electron chi connectivity index (χ4n) is 6.74. The minimum Gasteiger partial charge on any atom is -0.295 e. The van der Waals surface area contributed by atoms with E-state index < -0.39 is 0 Å². The summed E-state index contributed by atoms with van der Waals surface area (Å²) >= 11 is 0. The molecule has 0 radical (unpaired) electrons. The number of aromatic amines is 1. The van der Waals surface area contributed by atoms with Crippen molar-refractivity contribution in [1.29, 1.82) is 0 Å². The molecule has 3 aromatic heterocycles. The number of unbranched alkanes of at least 4 members (excludes halogenated alkanes) is 1. The number of pyridine rings is 1. The van der Waals surface area contributed by atoms with Gasteiger partial charge in [-0.05, 0) is 71.9 Å². The summed E-state index contributed by atoms with van der Waals surface area (Å²) < 4.78 is 4.16. The second kappa shape index (κ2) is 12.7. The van der Waals surface area contributed by atoms with Crippen molar-refractivity contribution < 1.29 is 0 Å². The fourth-order valence-corrected chi connectivity index (χ4v) is 6.74. The van der Waals surface area contributed by atoms with Gasteiger partial charge in [-0.15, -0.1) is 10.2 Å². The maximum absolute atomic E-state index is 14.3. The second-order valence-electron chi connectivity index (χ2n) is 11.4. The third kappa shape index (κ3) is 5.67. The lowest BCUT2D eigenvalue weighted by atomic mass is 9.69. The molecular weight excluding hydrogens is 498 g/mol. The zero-order valence-electron chi connectivity index (χ0n) is 24.3. The summed E-state index contributed by atoms with van der Waals surface area (Å²) in [5.41, 5.74) is 5.54. The van der Waals surface area contributed by atoms with Crippen LogP contribution in [0.4, 0.5) is 0 Å². The largest absolute Gasteiger partial charge is 0.328 e. The predicted octanol–water partition coefficient (Wildman–Crippen LogP) is 6.98. The third-order valence-corrected chi connectivity index (χ3v) is 9.26. The number of imidazole rings is 1. The van der Waals surface area contributed by atoms with Crippen LogP contribution in [0, 0.1) is 5.41 Å². The van der Waals surface area contributed by atoms with Gasteiger partial charge in [-0.25, -0.2) is 4.79 Å². The Bertz CT molecular complexity index is 1410. The molecule has 0 bridgehead atoms. The van der Waals surface area contributed by atoms with Gasteiger partial charge in [0.15, 0.2) is 0 Å². The molecule has 1 aliphatic carbocycles. The van der Waals surface area contributed by atoms with Crippen molar-refractivity contribution in [2.45, 2.75) is 104 Å². The van der Waals surface area contributed by atoms with Gasteiger partial charge in [0.05, 0.1) is 6.54 Å². The number of H-pyrrole nitrogens is 1. The third-order valence-electron chi connectivity index (χ3n) is 9.26. The van der Waals surface area contributed by atoms with Crippen molar-refractivity contribution in [3.05, 3.63) is 70.7 Å². The van der Waals surface area contributed by atoms with E-state index in [2.05, 4.69) is 69.3 Å². The Morgan fingerprint density at radius 2 is 1.77 bits per heavy atom. The quantitative estimate of drug-likeness (QED) is 0.234. The van der Waals surface area contributed by atoms with Crippen LogP contribution in [0.2, 0.25) is 0 Å². The Morgan fingerprint density at radius 1 is 1.00 bits per heavy atom. The summed E-state index contributed by atoms with van der Waals surface area (Å²) in [4.78, 5) is 18.7. The van der Waals surface area contributed by atoms with Gasteiger partial charge in [0.2, 0.25) is 5.82 Å². The highest BCUT2D eigenvalue weighted by molar-refractivity contribution is 5.69. The van der Waals surface area contributed by atoms with Crippen LogP contribution in [-0.4, -0.2) is 34.7 Å². The Labute approximate surface area is 237 Å². The molecule has 1 fully saturated rings. The molecule has 0 saturated heterocycles. The van der Waals surface area contributed by atoms with Crippen molar-refractivity contribution in [2.75, 3.05) is 0 Å². The molecular formula is C32H43N7O. The molecule has 0 amide bonds. The first kappa shape index (κ1) is 28.0. The Hall–Kier alpha value is -3.55. The van der Waals surface area contributed by atoms with Gasteiger partial charge in [-0.1, -0.05) is 77.1 Å². The maximum atomic E-state index is 14.3. The molecule has 0 spiro atoms. The highest BCUT2D eigenvalue weighted by Crippen LogP contribution is 2.47. The van der Waals surface area contributed by atoms with Crippen LogP contribution in [0.15, 0.2) is 53.7 Å². The first-order valence-electron chi connectivity index (χ1n) is 15.2. The SMILES string of the molecule is CCCCc1cn(C2CCCCCCC2(CC)CC)c(=O)n1Cc1cnccc1-c1ccc(-c2nn[nH]n2)cc1. The Kier molecular flexibility index (Phi) is 8.92. The van der Waals surface area contributed by atoms with Crippen LogP contribution >= 0.6 is 0 Å². The number of rotatable bonds is 10. The molecule has 4 aromatic rings. The zero-order valence-corrected chi connectivity index (χ0v) is 24.3. The molecule has 1 N–H and O–H groups in total. The number of nitrogens with one attached hydrogen (secondary N) is 1. The summed E-state index contributed by atoms with van der Waals surface area (Å²) in [6.07, 6.45) is 18.6. The number of nitrogens with zero attached hydrogens (tertiary/aromatic N) is 6. The van der Waals surface area contributed by atoms with E-state index in [-0.39, 0.29) is 17.1 Å². The molecule has 3 heterocycles. The van der Waals surface area contributed by atoms with E-state index in [1.165, 1.54) is 32.1 Å². The maximum Gasteiger partial charge on any atom is 0.328 e. The molecule has 0 aliphatic heterocycles. The molecule has 8 heteroatoms. The van der Waals surface area contributed by atoms with Crippen LogP contribution in [0.5, 0.6) is 0 Å². The van der Waals surface area contributed by atoms with E-state index in [1.807, 2.05) is 35.2 Å². The van der Waals surface area contributed by atoms with Gasteiger partial charge in [0, 0.05) is 35.9 Å². The summed E-state index contributed by atoms with van der Waals surface area (Å²) in [6, 6.07) is 10.4. The van der Waals surface area contributed by atoms with Crippen LogP contribution < -0.4 is 5.69 Å². The van der Waals surface area contributed by atoms with Gasteiger partial charge in [-0.3, -0.25) is 14.1 Å². The summed E-state index contributed by atoms with van der Waals surface area (Å²) in [5, 5.41) is 14.3. The first-order valence-corrected chi connectivity index (χ1v) is 15.2. The normalized spacial score (nSPS) is 17.4. The topological polar surface area (TPSA) is 94.3 Å². The summed E-state index contributed by atoms with van der Waals surface area (Å²) in [6.45, 7) is 7.37. The number of hydrogen-bond donors (Lipinski definition) is 1. The van der Waals surface area contributed by atoms with Crippen molar-refractivity contribution in [3.8, 4) is 22.5 Å².